The Kier molecular flexibility index (Phi) is 5.44. The zero-order chi connectivity index (χ0) is 25.6. The quantitative estimate of drug-likeness (QED) is 0.246. The van der Waals surface area contributed by atoms with Gasteiger partial charge in [0.2, 0.25) is 0 Å². The number of halogens is 1. The fourth-order valence-electron chi connectivity index (χ4n) is 5.17. The Labute approximate surface area is 229 Å². The van der Waals surface area contributed by atoms with E-state index < -0.39 is 0 Å². The fraction of sp³-hybridized carbons (Fsp3) is 0.0645. The summed E-state index contributed by atoms with van der Waals surface area (Å²) in [7, 11) is 0. The molecule has 0 saturated carbocycles. The van der Waals surface area contributed by atoms with Crippen molar-refractivity contribution in [2.75, 3.05) is 10.2 Å². The number of aliphatic imine (C=N–C) groups is 2. The molecule has 4 aromatic carbocycles. The molecule has 0 fully saturated rings. The van der Waals surface area contributed by atoms with Crippen LogP contribution in [0.25, 0.3) is 5.69 Å². The summed E-state index contributed by atoms with van der Waals surface area (Å²) in [5.74, 6) is 2.26. The molecule has 0 amide bonds. The molecule has 7 heteroatoms. The number of nitrogens with one attached hydrogen (secondary N) is 1. The molecule has 1 atom stereocenters. The van der Waals surface area contributed by atoms with Crippen molar-refractivity contribution in [3.63, 3.8) is 0 Å². The molecular weight excluding hydrogens is 536 g/mol. The summed E-state index contributed by atoms with van der Waals surface area (Å²) in [6.07, 6.45) is 0. The second kappa shape index (κ2) is 9.11. The standard InChI is InChI=1S/C31H23BrN6/c1-20-27-28(21-10-4-2-5-11-21)37-26-15-9-8-14-25(26)34-29(33-23-18-16-22(32)17-19-23)31(37)35-30(27)38(36-20)24-12-6-3-7-13-24/h2-19,28H,1H3,(H,33,34)/t28-/m1/s1. The van der Waals surface area contributed by atoms with E-state index in [1.54, 1.807) is 0 Å². The molecule has 0 aliphatic carbocycles. The summed E-state index contributed by atoms with van der Waals surface area (Å²) in [6, 6.07) is 36.9. The van der Waals surface area contributed by atoms with E-state index in [2.05, 4.69) is 87.7 Å². The van der Waals surface area contributed by atoms with E-state index in [0.29, 0.717) is 5.84 Å². The van der Waals surface area contributed by atoms with Crippen LogP contribution in [0.15, 0.2) is 124 Å². The van der Waals surface area contributed by atoms with Gasteiger partial charge < -0.3 is 10.2 Å². The molecule has 6 nitrogen and oxygen atoms in total. The molecule has 0 bridgehead atoms. The number of rotatable bonds is 3. The maximum absolute atomic E-state index is 5.27. The van der Waals surface area contributed by atoms with Crippen molar-refractivity contribution in [3.8, 4) is 5.69 Å². The number of aryl methyl sites for hydroxylation is 1. The lowest BCUT2D eigenvalue weighted by Crippen LogP contribution is -2.46. The van der Waals surface area contributed by atoms with Crippen molar-refractivity contribution in [2.45, 2.75) is 13.0 Å². The maximum atomic E-state index is 5.27. The predicted octanol–water partition coefficient (Wildman–Crippen LogP) is 7.74. The molecule has 0 spiro atoms. The van der Waals surface area contributed by atoms with Crippen molar-refractivity contribution in [1.82, 2.24) is 9.78 Å². The SMILES string of the molecule is Cc1nn(-c2ccccc2)c2c1[C@@H](c1ccccc1)N1C(=N2)C(Nc2ccc(Br)cc2)=Nc2ccccc21. The Bertz CT molecular complexity index is 1710. The first kappa shape index (κ1) is 22.7. The van der Waals surface area contributed by atoms with E-state index in [-0.39, 0.29) is 6.04 Å². The van der Waals surface area contributed by atoms with Crippen molar-refractivity contribution < 1.29 is 0 Å². The molecule has 0 radical (unpaired) electrons. The van der Waals surface area contributed by atoms with E-state index in [4.69, 9.17) is 15.1 Å². The molecule has 5 aromatic rings. The molecule has 0 saturated heterocycles. The monoisotopic (exact) mass is 558 g/mol. The Morgan fingerprint density at radius 1 is 0.763 bits per heavy atom. The van der Waals surface area contributed by atoms with Crippen molar-refractivity contribution in [2.24, 2.45) is 9.98 Å². The summed E-state index contributed by atoms with van der Waals surface area (Å²) in [5, 5.41) is 8.53. The third-order valence-corrected chi connectivity index (χ3v) is 7.39. The average molecular weight is 559 g/mol. The molecule has 2 aliphatic heterocycles. The zero-order valence-electron chi connectivity index (χ0n) is 20.6. The van der Waals surface area contributed by atoms with Crippen LogP contribution in [0.2, 0.25) is 0 Å². The molecule has 184 valence electrons. The first-order chi connectivity index (χ1) is 18.7. The van der Waals surface area contributed by atoms with Crippen LogP contribution in [0.5, 0.6) is 0 Å². The van der Waals surface area contributed by atoms with Crippen LogP contribution in [0.4, 0.5) is 22.9 Å². The molecular formula is C31H23BrN6. The summed E-state index contributed by atoms with van der Waals surface area (Å²) in [4.78, 5) is 12.6. The number of fused-ring (bicyclic) bond motifs is 4. The number of anilines is 2. The van der Waals surface area contributed by atoms with Crippen LogP contribution in [0, 0.1) is 6.92 Å². The largest absolute Gasteiger partial charge is 0.337 e. The van der Waals surface area contributed by atoms with E-state index in [1.165, 1.54) is 0 Å². The molecule has 3 heterocycles. The molecule has 7 rings (SSSR count). The van der Waals surface area contributed by atoms with Gasteiger partial charge in [-0.3, -0.25) is 0 Å². The number of nitrogens with zero attached hydrogens (tertiary/aromatic N) is 5. The van der Waals surface area contributed by atoms with E-state index >= 15 is 0 Å². The molecule has 1 aromatic heterocycles. The Morgan fingerprint density at radius 3 is 2.21 bits per heavy atom. The minimum absolute atomic E-state index is 0.130. The lowest BCUT2D eigenvalue weighted by Gasteiger charge is -2.40. The third-order valence-electron chi connectivity index (χ3n) is 6.86. The first-order valence-electron chi connectivity index (χ1n) is 12.5. The topological polar surface area (TPSA) is 57.8 Å². The van der Waals surface area contributed by atoms with Gasteiger partial charge in [0.05, 0.1) is 28.8 Å². The first-order valence-corrected chi connectivity index (χ1v) is 13.3. The van der Waals surface area contributed by atoms with Gasteiger partial charge in [-0.2, -0.15) is 5.10 Å². The highest BCUT2D eigenvalue weighted by molar-refractivity contribution is 9.10. The van der Waals surface area contributed by atoms with Crippen LogP contribution in [-0.2, 0) is 0 Å². The van der Waals surface area contributed by atoms with Crippen molar-refractivity contribution >= 4 is 50.5 Å². The van der Waals surface area contributed by atoms with Crippen LogP contribution in [0.3, 0.4) is 0 Å². The summed E-state index contributed by atoms with van der Waals surface area (Å²) < 4.78 is 2.97. The van der Waals surface area contributed by atoms with Crippen LogP contribution in [0.1, 0.15) is 22.9 Å². The third kappa shape index (κ3) is 3.74. The number of para-hydroxylation sites is 3. The number of aromatic nitrogens is 2. The second-order valence-electron chi connectivity index (χ2n) is 9.27. The molecule has 1 N–H and O–H groups in total. The van der Waals surface area contributed by atoms with Crippen molar-refractivity contribution in [3.05, 3.63) is 130 Å². The van der Waals surface area contributed by atoms with Crippen LogP contribution >= 0.6 is 15.9 Å². The molecule has 2 aliphatic rings. The average Bonchev–Trinajstić information content (AvgIpc) is 3.30. The minimum atomic E-state index is -0.130. The highest BCUT2D eigenvalue weighted by Gasteiger charge is 2.41. The highest BCUT2D eigenvalue weighted by Crippen LogP contribution is 2.48. The Hall–Kier alpha value is -4.49. The minimum Gasteiger partial charge on any atom is -0.337 e. The zero-order valence-corrected chi connectivity index (χ0v) is 22.2. The van der Waals surface area contributed by atoms with E-state index in [0.717, 1.165) is 55.7 Å². The predicted molar refractivity (Wildman–Crippen MR) is 157 cm³/mol. The molecule has 38 heavy (non-hydrogen) atoms. The van der Waals surface area contributed by atoms with Crippen LogP contribution < -0.4 is 10.2 Å². The summed E-state index contributed by atoms with van der Waals surface area (Å²) >= 11 is 3.53. The van der Waals surface area contributed by atoms with E-state index in [9.17, 15) is 0 Å². The lowest BCUT2D eigenvalue weighted by atomic mass is 9.93. The Balaban J connectivity index is 1.49. The van der Waals surface area contributed by atoms with Crippen LogP contribution in [-0.4, -0.2) is 21.5 Å². The van der Waals surface area contributed by atoms with Gasteiger partial charge in [0.15, 0.2) is 17.5 Å². The highest BCUT2D eigenvalue weighted by atomic mass is 79.9. The molecule has 0 unspecified atom stereocenters. The van der Waals surface area contributed by atoms with Gasteiger partial charge in [0.1, 0.15) is 0 Å². The Morgan fingerprint density at radius 2 is 1.45 bits per heavy atom. The van der Waals surface area contributed by atoms with Gasteiger partial charge in [-0.05, 0) is 61.0 Å². The van der Waals surface area contributed by atoms with E-state index in [1.807, 2.05) is 59.3 Å². The van der Waals surface area contributed by atoms with Gasteiger partial charge in [-0.15, -0.1) is 0 Å². The second-order valence-corrected chi connectivity index (χ2v) is 10.2. The van der Waals surface area contributed by atoms with Gasteiger partial charge in [0, 0.05) is 15.7 Å². The number of hydrogen-bond donors (Lipinski definition) is 1. The van der Waals surface area contributed by atoms with Gasteiger partial charge in [0.25, 0.3) is 0 Å². The number of hydrogen-bond acceptors (Lipinski definition) is 5. The number of benzene rings is 4. The lowest BCUT2D eigenvalue weighted by molar-refractivity contribution is 0.815. The van der Waals surface area contributed by atoms with Gasteiger partial charge >= 0.3 is 0 Å². The smallest absolute Gasteiger partial charge is 0.179 e. The maximum Gasteiger partial charge on any atom is 0.179 e. The fourth-order valence-corrected chi connectivity index (χ4v) is 5.43. The van der Waals surface area contributed by atoms with Crippen molar-refractivity contribution in [1.29, 1.82) is 0 Å². The van der Waals surface area contributed by atoms with Gasteiger partial charge in [-0.1, -0.05) is 76.6 Å². The summed E-state index contributed by atoms with van der Waals surface area (Å²) in [6.45, 7) is 2.07. The normalized spacial score (nSPS) is 15.6. The summed E-state index contributed by atoms with van der Waals surface area (Å²) in [5.41, 5.74) is 7.01. The number of amidine groups is 2. The van der Waals surface area contributed by atoms with Gasteiger partial charge in [-0.25, -0.2) is 14.7 Å².